The maximum Gasteiger partial charge on any atom is 0.147 e. The Morgan fingerprint density at radius 2 is 2.00 bits per heavy atom. The summed E-state index contributed by atoms with van der Waals surface area (Å²) < 4.78 is 35.0. The molecule has 16 heavy (non-hydrogen) atoms. The molecule has 0 aliphatic heterocycles. The SMILES string of the molecule is Cc1cc(F)cc(C(N)CCS(C)(=O)=O)c1. The van der Waals surface area contributed by atoms with Crippen molar-refractivity contribution in [3.05, 3.63) is 35.1 Å². The summed E-state index contributed by atoms with van der Waals surface area (Å²) in [4.78, 5) is 0. The van der Waals surface area contributed by atoms with Gasteiger partial charge in [0, 0.05) is 12.3 Å². The zero-order valence-electron chi connectivity index (χ0n) is 9.40. The van der Waals surface area contributed by atoms with Crippen LogP contribution in [0.4, 0.5) is 4.39 Å². The van der Waals surface area contributed by atoms with Gasteiger partial charge in [-0.05, 0) is 36.6 Å². The monoisotopic (exact) mass is 245 g/mol. The van der Waals surface area contributed by atoms with Crippen LogP contribution in [0.5, 0.6) is 0 Å². The summed E-state index contributed by atoms with van der Waals surface area (Å²) in [5.41, 5.74) is 7.23. The molecule has 1 aromatic rings. The maximum absolute atomic E-state index is 13.1. The fraction of sp³-hybridized carbons (Fsp3) is 0.455. The summed E-state index contributed by atoms with van der Waals surface area (Å²) in [5, 5.41) is 0. The molecule has 0 spiro atoms. The van der Waals surface area contributed by atoms with Crippen molar-refractivity contribution >= 4 is 9.84 Å². The minimum Gasteiger partial charge on any atom is -0.324 e. The molecule has 1 atom stereocenters. The summed E-state index contributed by atoms with van der Waals surface area (Å²) in [6.45, 7) is 1.77. The van der Waals surface area contributed by atoms with E-state index in [2.05, 4.69) is 0 Å². The van der Waals surface area contributed by atoms with Crippen LogP contribution in [0, 0.1) is 12.7 Å². The van der Waals surface area contributed by atoms with Crippen LogP contribution in [0.2, 0.25) is 0 Å². The van der Waals surface area contributed by atoms with Crippen LogP contribution in [-0.4, -0.2) is 20.4 Å². The number of aryl methyl sites for hydroxylation is 1. The van der Waals surface area contributed by atoms with Gasteiger partial charge >= 0.3 is 0 Å². The van der Waals surface area contributed by atoms with E-state index in [4.69, 9.17) is 5.73 Å². The van der Waals surface area contributed by atoms with Gasteiger partial charge < -0.3 is 5.73 Å². The lowest BCUT2D eigenvalue weighted by molar-refractivity contribution is 0.589. The van der Waals surface area contributed by atoms with E-state index in [-0.39, 0.29) is 11.6 Å². The first-order valence-electron chi connectivity index (χ1n) is 4.98. The first kappa shape index (κ1) is 13.1. The van der Waals surface area contributed by atoms with Crippen LogP contribution in [-0.2, 0) is 9.84 Å². The molecule has 0 fully saturated rings. The van der Waals surface area contributed by atoms with Crippen molar-refractivity contribution in [3.63, 3.8) is 0 Å². The van der Waals surface area contributed by atoms with Crippen LogP contribution >= 0.6 is 0 Å². The van der Waals surface area contributed by atoms with Crippen LogP contribution in [0.25, 0.3) is 0 Å². The molecule has 0 saturated heterocycles. The summed E-state index contributed by atoms with van der Waals surface area (Å²) >= 11 is 0. The van der Waals surface area contributed by atoms with Gasteiger partial charge in [-0.1, -0.05) is 6.07 Å². The van der Waals surface area contributed by atoms with Gasteiger partial charge in [-0.15, -0.1) is 0 Å². The average Bonchev–Trinajstić information content (AvgIpc) is 2.11. The summed E-state index contributed by atoms with van der Waals surface area (Å²) in [6.07, 6.45) is 1.47. The van der Waals surface area contributed by atoms with Crippen LogP contribution in [0.1, 0.15) is 23.6 Å². The largest absolute Gasteiger partial charge is 0.324 e. The Hall–Kier alpha value is -0.940. The smallest absolute Gasteiger partial charge is 0.147 e. The molecule has 90 valence electrons. The Labute approximate surface area is 95.4 Å². The minimum atomic E-state index is -3.02. The van der Waals surface area contributed by atoms with Gasteiger partial charge in [0.05, 0.1) is 5.75 Å². The number of benzene rings is 1. The fourth-order valence-electron chi connectivity index (χ4n) is 1.49. The van der Waals surface area contributed by atoms with Crippen molar-refractivity contribution in [1.82, 2.24) is 0 Å². The third-order valence-electron chi connectivity index (χ3n) is 2.29. The number of nitrogens with two attached hydrogens (primary N) is 1. The molecule has 0 heterocycles. The molecule has 1 rings (SSSR count). The molecule has 3 nitrogen and oxygen atoms in total. The van der Waals surface area contributed by atoms with E-state index in [0.29, 0.717) is 12.0 Å². The van der Waals surface area contributed by atoms with Gasteiger partial charge in [-0.25, -0.2) is 12.8 Å². The Kier molecular flexibility index (Phi) is 4.04. The molecule has 0 amide bonds. The van der Waals surface area contributed by atoms with E-state index < -0.39 is 15.9 Å². The van der Waals surface area contributed by atoms with E-state index in [9.17, 15) is 12.8 Å². The Balaban J connectivity index is 2.76. The van der Waals surface area contributed by atoms with Gasteiger partial charge in [-0.2, -0.15) is 0 Å². The first-order valence-corrected chi connectivity index (χ1v) is 7.04. The van der Waals surface area contributed by atoms with Crippen molar-refractivity contribution in [1.29, 1.82) is 0 Å². The van der Waals surface area contributed by atoms with Gasteiger partial charge in [0.1, 0.15) is 15.7 Å². The quantitative estimate of drug-likeness (QED) is 0.876. The lowest BCUT2D eigenvalue weighted by Gasteiger charge is -2.12. The van der Waals surface area contributed by atoms with E-state index in [1.807, 2.05) is 0 Å². The second-order valence-electron chi connectivity index (χ2n) is 4.09. The molecular weight excluding hydrogens is 229 g/mol. The van der Waals surface area contributed by atoms with Crippen molar-refractivity contribution < 1.29 is 12.8 Å². The van der Waals surface area contributed by atoms with Crippen molar-refractivity contribution in [3.8, 4) is 0 Å². The third-order valence-corrected chi connectivity index (χ3v) is 3.27. The molecule has 0 saturated carbocycles. The molecule has 2 N–H and O–H groups in total. The molecule has 0 radical (unpaired) electrons. The normalized spacial score (nSPS) is 13.8. The molecule has 1 unspecified atom stereocenters. The topological polar surface area (TPSA) is 60.2 Å². The first-order chi connectivity index (χ1) is 7.28. The lowest BCUT2D eigenvalue weighted by atomic mass is 10.0. The van der Waals surface area contributed by atoms with Gasteiger partial charge in [0.15, 0.2) is 0 Å². The highest BCUT2D eigenvalue weighted by Crippen LogP contribution is 2.17. The maximum atomic E-state index is 13.1. The molecule has 0 aliphatic carbocycles. The van der Waals surface area contributed by atoms with Crippen molar-refractivity contribution in [2.75, 3.05) is 12.0 Å². The Morgan fingerprint density at radius 1 is 1.38 bits per heavy atom. The highest BCUT2D eigenvalue weighted by molar-refractivity contribution is 7.90. The lowest BCUT2D eigenvalue weighted by Crippen LogP contribution is -2.16. The standard InChI is InChI=1S/C11H16FNO2S/c1-8-5-9(7-10(12)6-8)11(13)3-4-16(2,14)15/h5-7,11H,3-4,13H2,1-2H3. The zero-order chi connectivity index (χ0) is 12.3. The van der Waals surface area contributed by atoms with E-state index in [1.54, 1.807) is 13.0 Å². The molecule has 0 aromatic heterocycles. The minimum absolute atomic E-state index is 0.0176. The summed E-state index contributed by atoms with van der Waals surface area (Å²) in [6, 6.07) is 4.09. The highest BCUT2D eigenvalue weighted by Gasteiger charge is 2.11. The molecule has 0 aliphatic rings. The predicted octanol–water partition coefficient (Wildman–Crippen LogP) is 1.57. The molecule has 1 aromatic carbocycles. The van der Waals surface area contributed by atoms with E-state index >= 15 is 0 Å². The number of rotatable bonds is 4. The molecule has 0 bridgehead atoms. The third kappa shape index (κ3) is 4.28. The zero-order valence-corrected chi connectivity index (χ0v) is 10.2. The Morgan fingerprint density at radius 3 is 2.50 bits per heavy atom. The van der Waals surface area contributed by atoms with Crippen molar-refractivity contribution in [2.45, 2.75) is 19.4 Å². The molecule has 5 heteroatoms. The summed E-state index contributed by atoms with van der Waals surface area (Å²) in [7, 11) is -3.02. The average molecular weight is 245 g/mol. The van der Waals surface area contributed by atoms with Crippen LogP contribution < -0.4 is 5.73 Å². The van der Waals surface area contributed by atoms with Crippen molar-refractivity contribution in [2.24, 2.45) is 5.73 Å². The summed E-state index contributed by atoms with van der Waals surface area (Å²) in [5.74, 6) is -0.325. The second-order valence-corrected chi connectivity index (χ2v) is 6.35. The molecular formula is C11H16FNO2S. The second kappa shape index (κ2) is 4.93. The fourth-order valence-corrected chi connectivity index (χ4v) is 2.17. The number of halogens is 1. The predicted molar refractivity (Wildman–Crippen MR) is 62.4 cm³/mol. The Bertz CT molecular complexity index is 451. The van der Waals surface area contributed by atoms with Gasteiger partial charge in [0.25, 0.3) is 0 Å². The van der Waals surface area contributed by atoms with E-state index in [0.717, 1.165) is 11.8 Å². The highest BCUT2D eigenvalue weighted by atomic mass is 32.2. The van der Waals surface area contributed by atoms with E-state index in [1.165, 1.54) is 12.1 Å². The number of sulfone groups is 1. The van der Waals surface area contributed by atoms with Gasteiger partial charge in [-0.3, -0.25) is 0 Å². The van der Waals surface area contributed by atoms with Crippen LogP contribution in [0.15, 0.2) is 18.2 Å². The van der Waals surface area contributed by atoms with Crippen LogP contribution in [0.3, 0.4) is 0 Å². The van der Waals surface area contributed by atoms with Gasteiger partial charge in [0.2, 0.25) is 0 Å². The number of hydrogen-bond donors (Lipinski definition) is 1. The number of hydrogen-bond acceptors (Lipinski definition) is 3.